The van der Waals surface area contributed by atoms with Gasteiger partial charge in [-0.2, -0.15) is 20.1 Å². The third-order valence-corrected chi connectivity index (χ3v) is 4.82. The summed E-state index contributed by atoms with van der Waals surface area (Å²) in [6.07, 6.45) is 3.14. The number of ether oxygens (including phenoxy) is 2. The van der Waals surface area contributed by atoms with E-state index in [1.54, 1.807) is 24.1 Å². The molecule has 4 rings (SSSR count). The topological polar surface area (TPSA) is 143 Å². The van der Waals surface area contributed by atoms with E-state index in [1.807, 2.05) is 50.2 Å². The fourth-order valence-corrected chi connectivity index (χ4v) is 3.37. The number of anilines is 3. The number of rotatable bonds is 8. The molecule has 0 fully saturated rings. The molecule has 3 aromatic heterocycles. The zero-order chi connectivity index (χ0) is 24.1. The van der Waals surface area contributed by atoms with E-state index in [0.717, 1.165) is 0 Å². The molecule has 34 heavy (non-hydrogen) atoms. The van der Waals surface area contributed by atoms with Crippen LogP contribution in [0.2, 0.25) is 0 Å². The van der Waals surface area contributed by atoms with Gasteiger partial charge in [-0.15, -0.1) is 0 Å². The predicted octanol–water partition coefficient (Wildman–Crippen LogP) is 3.27. The van der Waals surface area contributed by atoms with Gasteiger partial charge in [0.05, 0.1) is 24.7 Å². The number of carbonyl (C=O) groups excluding carboxylic acids is 1. The average Bonchev–Trinajstić information content (AvgIpc) is 3.29. The number of nitrogens with one attached hydrogen (secondary N) is 1. The summed E-state index contributed by atoms with van der Waals surface area (Å²) in [6.45, 7) is 3.74. The summed E-state index contributed by atoms with van der Waals surface area (Å²) >= 11 is 0. The molecule has 0 unspecified atom stereocenters. The molecule has 11 nitrogen and oxygen atoms in total. The molecular weight excluding hydrogens is 436 g/mol. The van der Waals surface area contributed by atoms with E-state index in [1.165, 1.54) is 6.20 Å². The summed E-state index contributed by atoms with van der Waals surface area (Å²) in [6, 6.07) is 12.8. The van der Waals surface area contributed by atoms with Crippen molar-refractivity contribution in [1.29, 1.82) is 0 Å². The van der Waals surface area contributed by atoms with Gasteiger partial charge in [0.15, 0.2) is 18.2 Å². The summed E-state index contributed by atoms with van der Waals surface area (Å²) < 4.78 is 12.4. The SMILES string of the molecule is COc1ccccc1Nc1nc(N)nc(COC(=O)c2cnn(-c3ccccn3)c2C(C)C)n1. The zero-order valence-electron chi connectivity index (χ0n) is 19.0. The first-order chi connectivity index (χ1) is 16.5. The number of carbonyl (C=O) groups is 1. The van der Waals surface area contributed by atoms with Gasteiger partial charge >= 0.3 is 5.97 Å². The molecule has 0 spiro atoms. The number of hydrogen-bond acceptors (Lipinski definition) is 10. The van der Waals surface area contributed by atoms with Crippen LogP contribution >= 0.6 is 0 Å². The van der Waals surface area contributed by atoms with Gasteiger partial charge in [-0.25, -0.2) is 14.5 Å². The van der Waals surface area contributed by atoms with E-state index in [-0.39, 0.29) is 30.2 Å². The fourth-order valence-electron chi connectivity index (χ4n) is 3.37. The summed E-state index contributed by atoms with van der Waals surface area (Å²) in [5.41, 5.74) is 7.53. The molecule has 0 aliphatic carbocycles. The number of methoxy groups -OCH3 is 1. The standard InChI is InChI=1S/C23H24N8O3/c1-14(2)20-15(12-26-31(20)19-10-6-7-11-25-19)21(32)34-13-18-28-22(24)30-23(29-18)27-16-8-4-5-9-17(16)33-3/h4-12,14H,13H2,1-3H3,(H3,24,27,28,29,30). The Morgan fingerprint density at radius 2 is 1.91 bits per heavy atom. The van der Waals surface area contributed by atoms with Crippen molar-refractivity contribution in [2.45, 2.75) is 26.4 Å². The van der Waals surface area contributed by atoms with Crippen molar-refractivity contribution in [2.24, 2.45) is 0 Å². The Morgan fingerprint density at radius 3 is 2.65 bits per heavy atom. The van der Waals surface area contributed by atoms with E-state index in [4.69, 9.17) is 15.2 Å². The van der Waals surface area contributed by atoms with E-state index in [9.17, 15) is 4.79 Å². The van der Waals surface area contributed by atoms with Crippen LogP contribution in [0.1, 0.15) is 41.6 Å². The molecular formula is C23H24N8O3. The first kappa shape index (κ1) is 22.6. The number of hydrogen-bond donors (Lipinski definition) is 2. The molecule has 0 atom stereocenters. The van der Waals surface area contributed by atoms with Crippen LogP contribution in [0.3, 0.4) is 0 Å². The van der Waals surface area contributed by atoms with Crippen LogP contribution in [0.25, 0.3) is 5.82 Å². The molecule has 4 aromatic rings. The van der Waals surface area contributed by atoms with Crippen molar-refractivity contribution in [3.05, 3.63) is 71.9 Å². The lowest BCUT2D eigenvalue weighted by atomic mass is 10.1. The maximum Gasteiger partial charge on any atom is 0.342 e. The number of benzene rings is 1. The van der Waals surface area contributed by atoms with Gasteiger partial charge < -0.3 is 20.5 Å². The van der Waals surface area contributed by atoms with Crippen molar-refractivity contribution in [2.75, 3.05) is 18.2 Å². The van der Waals surface area contributed by atoms with E-state index >= 15 is 0 Å². The number of nitrogens with zero attached hydrogens (tertiary/aromatic N) is 6. The van der Waals surface area contributed by atoms with Crippen LogP contribution in [0.5, 0.6) is 5.75 Å². The van der Waals surface area contributed by atoms with Crippen LogP contribution in [0.15, 0.2) is 54.9 Å². The molecule has 0 saturated heterocycles. The van der Waals surface area contributed by atoms with Crippen molar-refractivity contribution >= 4 is 23.6 Å². The second-order valence-electron chi connectivity index (χ2n) is 7.53. The van der Waals surface area contributed by atoms with Gasteiger partial charge in [0.1, 0.15) is 11.3 Å². The molecule has 0 bridgehead atoms. The van der Waals surface area contributed by atoms with Crippen molar-refractivity contribution in [1.82, 2.24) is 29.7 Å². The number of nitrogens with two attached hydrogens (primary N) is 1. The Balaban J connectivity index is 1.52. The summed E-state index contributed by atoms with van der Waals surface area (Å²) in [4.78, 5) is 29.7. The highest BCUT2D eigenvalue weighted by Gasteiger charge is 2.23. The summed E-state index contributed by atoms with van der Waals surface area (Å²) in [5.74, 6) is 1.06. The monoisotopic (exact) mass is 460 g/mol. The lowest BCUT2D eigenvalue weighted by molar-refractivity contribution is 0.0460. The number of esters is 1. The molecule has 11 heteroatoms. The van der Waals surface area contributed by atoms with Crippen molar-refractivity contribution in [3.8, 4) is 11.6 Å². The highest BCUT2D eigenvalue weighted by Crippen LogP contribution is 2.26. The van der Waals surface area contributed by atoms with E-state index in [2.05, 4.69) is 30.4 Å². The molecule has 0 saturated carbocycles. The fraction of sp³-hybridized carbons (Fsp3) is 0.217. The van der Waals surface area contributed by atoms with Crippen molar-refractivity contribution in [3.63, 3.8) is 0 Å². The van der Waals surface area contributed by atoms with Gasteiger partial charge in [0.2, 0.25) is 11.9 Å². The molecule has 0 amide bonds. The summed E-state index contributed by atoms with van der Waals surface area (Å²) in [7, 11) is 1.56. The Bertz CT molecular complexity index is 1290. The highest BCUT2D eigenvalue weighted by atomic mass is 16.5. The minimum Gasteiger partial charge on any atom is -0.495 e. The number of para-hydroxylation sites is 2. The third kappa shape index (κ3) is 4.93. The zero-order valence-corrected chi connectivity index (χ0v) is 19.0. The van der Waals surface area contributed by atoms with Crippen LogP contribution in [-0.2, 0) is 11.3 Å². The predicted molar refractivity (Wildman–Crippen MR) is 125 cm³/mol. The van der Waals surface area contributed by atoms with Crippen LogP contribution in [0, 0.1) is 0 Å². The maximum atomic E-state index is 12.9. The third-order valence-electron chi connectivity index (χ3n) is 4.82. The number of aromatic nitrogens is 6. The van der Waals surface area contributed by atoms with Crippen LogP contribution in [0.4, 0.5) is 17.6 Å². The molecule has 3 heterocycles. The second kappa shape index (κ2) is 9.94. The normalized spacial score (nSPS) is 10.8. The highest BCUT2D eigenvalue weighted by molar-refractivity contribution is 5.90. The Kier molecular flexibility index (Phi) is 6.62. The maximum absolute atomic E-state index is 12.9. The Morgan fingerprint density at radius 1 is 1.12 bits per heavy atom. The Hall–Kier alpha value is -4.54. The minimum absolute atomic E-state index is 0.00321. The molecule has 3 N–H and O–H groups in total. The molecule has 0 radical (unpaired) electrons. The average molecular weight is 460 g/mol. The smallest absolute Gasteiger partial charge is 0.342 e. The molecule has 1 aromatic carbocycles. The first-order valence-corrected chi connectivity index (χ1v) is 10.5. The van der Waals surface area contributed by atoms with Gasteiger partial charge in [-0.1, -0.05) is 32.0 Å². The van der Waals surface area contributed by atoms with Crippen molar-refractivity contribution < 1.29 is 14.3 Å². The first-order valence-electron chi connectivity index (χ1n) is 10.5. The van der Waals surface area contributed by atoms with Gasteiger partial charge in [0.25, 0.3) is 0 Å². The lowest BCUT2D eigenvalue weighted by Crippen LogP contribution is -2.13. The van der Waals surface area contributed by atoms with Crippen LogP contribution < -0.4 is 15.8 Å². The van der Waals surface area contributed by atoms with Gasteiger partial charge in [-0.05, 0) is 30.2 Å². The number of nitrogen functional groups attached to an aromatic ring is 1. The van der Waals surface area contributed by atoms with E-state index < -0.39 is 5.97 Å². The number of pyridine rings is 1. The second-order valence-corrected chi connectivity index (χ2v) is 7.53. The minimum atomic E-state index is -0.552. The largest absolute Gasteiger partial charge is 0.495 e. The van der Waals surface area contributed by atoms with Gasteiger partial charge in [-0.3, -0.25) is 0 Å². The van der Waals surface area contributed by atoms with Gasteiger partial charge in [0, 0.05) is 6.20 Å². The van der Waals surface area contributed by atoms with Crippen LogP contribution in [-0.4, -0.2) is 42.8 Å². The quantitative estimate of drug-likeness (QED) is 0.376. The molecule has 0 aliphatic rings. The molecule has 174 valence electrons. The van der Waals surface area contributed by atoms with E-state index in [0.29, 0.717) is 28.5 Å². The summed E-state index contributed by atoms with van der Waals surface area (Å²) in [5, 5.41) is 7.39. The Labute approximate surface area is 196 Å². The lowest BCUT2D eigenvalue weighted by Gasteiger charge is -2.12. The molecule has 0 aliphatic heterocycles.